The molecule has 2 aromatic rings. The van der Waals surface area contributed by atoms with Gasteiger partial charge in [0.15, 0.2) is 5.71 Å². The van der Waals surface area contributed by atoms with Crippen LogP contribution in [0.2, 0.25) is 0 Å². The van der Waals surface area contributed by atoms with E-state index in [2.05, 4.69) is 9.48 Å². The van der Waals surface area contributed by atoms with Gasteiger partial charge in [-0.25, -0.2) is 0 Å². The summed E-state index contributed by atoms with van der Waals surface area (Å²) in [6.07, 6.45) is 8.40. The van der Waals surface area contributed by atoms with Crippen LogP contribution in [0.4, 0.5) is 11.4 Å². The molecule has 0 radical (unpaired) electrons. The van der Waals surface area contributed by atoms with Gasteiger partial charge in [-0.1, -0.05) is 6.08 Å². The Hall–Kier alpha value is -3.76. The number of fused-ring (bicyclic) bond motifs is 2. The first-order valence-electron chi connectivity index (χ1n) is 25.4. The van der Waals surface area contributed by atoms with Crippen molar-refractivity contribution in [1.82, 2.24) is 0 Å². The van der Waals surface area contributed by atoms with Crippen LogP contribution in [-0.4, -0.2) is 207 Å². The SMILES string of the molecule is COCCOCCOCCOCCOCCC1(C)C(=CC=CC2=[N+](CCCCCC(=O)O)c3ccc(S(=O)(=O)O)cc3C2(C)CCOCCOCCOCCOCCOC)N(CCOC)c2ccc(S(=O)(=O)O)cc21. The van der Waals surface area contributed by atoms with E-state index in [1.807, 2.05) is 32.1 Å². The summed E-state index contributed by atoms with van der Waals surface area (Å²) in [5.74, 6) is -0.877. The molecule has 4 rings (SSSR count). The molecule has 2 aliphatic heterocycles. The van der Waals surface area contributed by atoms with E-state index in [-0.39, 0.29) is 36.0 Å². The van der Waals surface area contributed by atoms with Crippen molar-refractivity contribution in [2.75, 3.05) is 165 Å². The highest BCUT2D eigenvalue weighted by Crippen LogP contribution is 2.51. The first kappa shape index (κ1) is 63.8. The van der Waals surface area contributed by atoms with Gasteiger partial charge in [0.25, 0.3) is 20.2 Å². The minimum absolute atomic E-state index is 0.0300. The number of rotatable bonds is 43. The number of anilines is 1. The highest BCUT2D eigenvalue weighted by Gasteiger charge is 2.48. The molecule has 0 bridgehead atoms. The standard InChI is InChI=1S/C52H80N2O19S2/c1-51(17-21-66-28-30-70-36-38-72-34-32-68-26-24-64-4)44-40-42(74(57,58)59)13-15-46(44)53(19-8-6-7-12-50(55)56)48(51)10-9-11-49-52(2,18-22-67-29-31-71-37-39-73-35-33-69-27-25-65-5)45-41-43(75(60,61)62)14-16-47(45)54(49)20-23-63-3/h9-11,13-16,40-41H,6-8,12,17-39H2,1-5H3,(H2-,55,56,57,58,59,60,61,62)/p+1. The van der Waals surface area contributed by atoms with E-state index in [0.29, 0.717) is 162 Å². The smallest absolute Gasteiger partial charge is 0.303 e. The van der Waals surface area contributed by atoms with E-state index in [9.17, 15) is 35.8 Å². The van der Waals surface area contributed by atoms with E-state index in [1.165, 1.54) is 24.3 Å². The van der Waals surface area contributed by atoms with E-state index in [4.69, 9.17) is 52.1 Å². The summed E-state index contributed by atoms with van der Waals surface area (Å²) >= 11 is 0. The molecule has 23 heteroatoms. The molecule has 2 atom stereocenters. The van der Waals surface area contributed by atoms with Gasteiger partial charge in [-0.05, 0) is 81.5 Å². The highest BCUT2D eigenvalue weighted by molar-refractivity contribution is 7.86. The van der Waals surface area contributed by atoms with E-state index < -0.39 is 37.0 Å². The van der Waals surface area contributed by atoms with E-state index in [0.717, 1.165) is 22.8 Å². The first-order chi connectivity index (χ1) is 36.0. The number of carbonyl (C=O) groups is 1. The summed E-state index contributed by atoms with van der Waals surface area (Å²) in [6.45, 7) is 12.3. The molecule has 0 saturated heterocycles. The van der Waals surface area contributed by atoms with Crippen LogP contribution in [0.25, 0.3) is 0 Å². The minimum Gasteiger partial charge on any atom is -0.481 e. The molecule has 2 unspecified atom stereocenters. The molecule has 3 N–H and O–H groups in total. The monoisotopic (exact) mass is 1100 g/mol. The predicted octanol–water partition coefficient (Wildman–Crippen LogP) is 5.25. The molecule has 2 heterocycles. The third-order valence-corrected chi connectivity index (χ3v) is 14.6. The number of unbranched alkanes of at least 4 members (excludes halogenated alkanes) is 2. The van der Waals surface area contributed by atoms with Crippen LogP contribution in [0, 0.1) is 0 Å². The first-order valence-corrected chi connectivity index (χ1v) is 28.3. The summed E-state index contributed by atoms with van der Waals surface area (Å²) < 4.78 is 134. The van der Waals surface area contributed by atoms with Gasteiger partial charge >= 0.3 is 5.97 Å². The van der Waals surface area contributed by atoms with Gasteiger partial charge in [-0.3, -0.25) is 13.9 Å². The molecule has 0 aliphatic carbocycles. The molecular weight excluding hydrogens is 1020 g/mol. The van der Waals surface area contributed by atoms with Crippen LogP contribution < -0.4 is 4.90 Å². The quantitative estimate of drug-likeness (QED) is 0.0435. The number of carboxylic acid groups (broad SMARTS) is 1. The van der Waals surface area contributed by atoms with E-state index in [1.54, 1.807) is 33.5 Å². The topological polar surface area (TPSA) is 254 Å². The summed E-state index contributed by atoms with van der Waals surface area (Å²) in [5.41, 5.74) is 2.69. The summed E-state index contributed by atoms with van der Waals surface area (Å²) in [5, 5.41) is 9.32. The second-order valence-corrected chi connectivity index (χ2v) is 21.0. The Labute approximate surface area is 443 Å². The second kappa shape index (κ2) is 33.5. The number of nitrogens with zero attached hydrogens (tertiary/aromatic N) is 2. The molecule has 424 valence electrons. The number of carboxylic acids is 1. The highest BCUT2D eigenvalue weighted by atomic mass is 32.2. The lowest BCUT2D eigenvalue weighted by Crippen LogP contribution is -2.33. The van der Waals surface area contributed by atoms with Crippen LogP contribution in [0.15, 0.2) is 70.1 Å². The zero-order chi connectivity index (χ0) is 54.6. The van der Waals surface area contributed by atoms with Crippen molar-refractivity contribution in [2.45, 2.75) is 73.0 Å². The minimum atomic E-state index is -4.59. The number of benzene rings is 2. The number of allylic oxidation sites excluding steroid dienone is 4. The fraction of sp³-hybridized carbons (Fsp3) is 0.654. The largest absolute Gasteiger partial charge is 0.481 e. The lowest BCUT2D eigenvalue weighted by atomic mass is 9.76. The zero-order valence-electron chi connectivity index (χ0n) is 44.4. The number of aliphatic carboxylic acids is 1. The lowest BCUT2D eigenvalue weighted by Gasteiger charge is -2.30. The van der Waals surface area contributed by atoms with E-state index >= 15 is 0 Å². The zero-order valence-corrected chi connectivity index (χ0v) is 46.0. The van der Waals surface area contributed by atoms with Crippen molar-refractivity contribution < 1.29 is 92.5 Å². The number of hydrogen-bond acceptors (Lipinski definition) is 17. The Morgan fingerprint density at radius 3 is 1.48 bits per heavy atom. The molecule has 2 aliphatic rings. The summed E-state index contributed by atoms with van der Waals surface area (Å²) in [4.78, 5) is 12.9. The Kier molecular flexibility index (Phi) is 28.5. The van der Waals surface area contributed by atoms with Crippen LogP contribution in [0.5, 0.6) is 0 Å². The average molecular weight is 1100 g/mol. The Balaban J connectivity index is 1.62. The molecule has 21 nitrogen and oxygen atoms in total. The maximum atomic E-state index is 12.6. The van der Waals surface area contributed by atoms with Gasteiger partial charge in [0.1, 0.15) is 6.54 Å². The lowest BCUT2D eigenvalue weighted by molar-refractivity contribution is -0.438. The Morgan fingerprint density at radius 1 is 0.573 bits per heavy atom. The predicted molar refractivity (Wildman–Crippen MR) is 279 cm³/mol. The number of ether oxygens (including phenoxy) is 11. The average Bonchev–Trinajstić information content (AvgIpc) is 3.74. The number of hydrogen-bond donors (Lipinski definition) is 3. The fourth-order valence-corrected chi connectivity index (χ4v) is 9.90. The third-order valence-electron chi connectivity index (χ3n) is 12.9. The molecule has 0 saturated carbocycles. The summed E-state index contributed by atoms with van der Waals surface area (Å²) in [6, 6.07) is 9.10. The molecule has 75 heavy (non-hydrogen) atoms. The normalized spacial score (nSPS) is 18.3. The van der Waals surface area contributed by atoms with Gasteiger partial charge in [-0.15, -0.1) is 0 Å². The Morgan fingerprint density at radius 2 is 1.01 bits per heavy atom. The summed E-state index contributed by atoms with van der Waals surface area (Å²) in [7, 11) is -4.33. The van der Waals surface area contributed by atoms with Gasteiger partial charge < -0.3 is 62.1 Å². The Bertz CT molecular complexity index is 2360. The van der Waals surface area contributed by atoms with Gasteiger partial charge in [0, 0.05) is 88.4 Å². The number of methoxy groups -OCH3 is 3. The fourth-order valence-electron chi connectivity index (χ4n) is 8.89. The van der Waals surface area contributed by atoms with Gasteiger partial charge in [-0.2, -0.15) is 21.4 Å². The van der Waals surface area contributed by atoms with Crippen LogP contribution >= 0.6 is 0 Å². The molecule has 0 amide bonds. The third kappa shape index (κ3) is 20.5. The van der Waals surface area contributed by atoms with Crippen molar-refractivity contribution in [3.63, 3.8) is 0 Å². The van der Waals surface area contributed by atoms with Crippen LogP contribution in [0.3, 0.4) is 0 Å². The van der Waals surface area contributed by atoms with Crippen molar-refractivity contribution in [1.29, 1.82) is 0 Å². The van der Waals surface area contributed by atoms with Crippen molar-refractivity contribution in [3.8, 4) is 0 Å². The van der Waals surface area contributed by atoms with Crippen molar-refractivity contribution in [2.24, 2.45) is 0 Å². The molecule has 0 aromatic heterocycles. The van der Waals surface area contributed by atoms with Gasteiger partial charge in [0.05, 0.1) is 128 Å². The van der Waals surface area contributed by atoms with Crippen LogP contribution in [0.1, 0.15) is 63.5 Å². The molecule has 0 spiro atoms. The van der Waals surface area contributed by atoms with Crippen LogP contribution in [-0.2, 0) is 88.0 Å². The van der Waals surface area contributed by atoms with Crippen molar-refractivity contribution >= 4 is 43.3 Å². The van der Waals surface area contributed by atoms with Gasteiger partial charge in [0.2, 0.25) is 5.69 Å². The molecule has 2 aromatic carbocycles. The maximum Gasteiger partial charge on any atom is 0.303 e. The van der Waals surface area contributed by atoms with Crippen molar-refractivity contribution in [3.05, 3.63) is 71.5 Å². The molecular formula is C52H81N2O19S2+. The maximum absolute atomic E-state index is 12.6. The second-order valence-electron chi connectivity index (χ2n) is 18.2. The molecule has 0 fully saturated rings.